The van der Waals surface area contributed by atoms with Gasteiger partial charge in [0.05, 0.1) is 11.6 Å². The van der Waals surface area contributed by atoms with Crippen molar-refractivity contribution in [2.75, 3.05) is 0 Å². The molecule has 0 radical (unpaired) electrons. The van der Waals surface area contributed by atoms with Crippen LogP contribution in [0.1, 0.15) is 17.8 Å². The van der Waals surface area contributed by atoms with Crippen molar-refractivity contribution >= 4 is 34.6 Å². The summed E-state index contributed by atoms with van der Waals surface area (Å²) < 4.78 is 29.2. The Morgan fingerprint density at radius 3 is 2.84 bits per heavy atom. The lowest BCUT2D eigenvalue weighted by molar-refractivity contribution is 0.589. The summed E-state index contributed by atoms with van der Waals surface area (Å²) in [5.74, 6) is -1.23. The lowest BCUT2D eigenvalue weighted by Gasteiger charge is -2.12. The second kappa shape index (κ2) is 4.54. The van der Waals surface area contributed by atoms with Gasteiger partial charge in [-0.05, 0) is 36.7 Å². The molecule has 1 unspecified atom stereocenters. The molecule has 1 N–H and O–H groups in total. The highest BCUT2D eigenvalue weighted by Crippen LogP contribution is 2.28. The molecule has 98 valence electrons. The maximum Gasteiger partial charge on any atom is 0.178 e. The van der Waals surface area contributed by atoms with Gasteiger partial charge < -0.3 is 9.55 Å². The average Bonchev–Trinajstić information content (AvgIpc) is 2.95. The molecule has 0 spiro atoms. The Morgan fingerprint density at radius 1 is 1.37 bits per heavy atom. The Morgan fingerprint density at radius 2 is 2.16 bits per heavy atom. The number of imidazole rings is 1. The number of nitrogens with one attached hydrogen (secondary N) is 1. The maximum atomic E-state index is 13.7. The van der Waals surface area contributed by atoms with E-state index in [2.05, 4.69) is 4.98 Å². The summed E-state index contributed by atoms with van der Waals surface area (Å²) in [4.78, 5) is 3.89. The van der Waals surface area contributed by atoms with Crippen LogP contribution in [-0.2, 0) is 0 Å². The molecule has 3 aromatic rings. The fraction of sp³-hybridized carbons (Fsp3) is 0.154. The number of halogens is 2. The Bertz CT molecular complexity index is 787. The van der Waals surface area contributed by atoms with Crippen LogP contribution in [0.3, 0.4) is 0 Å². The van der Waals surface area contributed by atoms with Crippen molar-refractivity contribution in [3.63, 3.8) is 0 Å². The van der Waals surface area contributed by atoms with Gasteiger partial charge in [0.15, 0.2) is 10.6 Å². The first-order valence-electron chi connectivity index (χ1n) is 5.70. The summed E-state index contributed by atoms with van der Waals surface area (Å²) >= 11 is 6.82. The van der Waals surface area contributed by atoms with Crippen molar-refractivity contribution in [2.45, 2.75) is 13.0 Å². The molecule has 1 aromatic carbocycles. The van der Waals surface area contributed by atoms with Crippen LogP contribution >= 0.6 is 23.6 Å². The van der Waals surface area contributed by atoms with Gasteiger partial charge in [0.25, 0.3) is 0 Å². The molecule has 0 fully saturated rings. The summed E-state index contributed by atoms with van der Waals surface area (Å²) in [7, 11) is 0. The minimum Gasteiger partial charge on any atom is -0.328 e. The fourth-order valence-electron chi connectivity index (χ4n) is 2.19. The van der Waals surface area contributed by atoms with E-state index in [9.17, 15) is 8.78 Å². The highest BCUT2D eigenvalue weighted by atomic mass is 32.1. The molecule has 2 nitrogen and oxygen atoms in total. The van der Waals surface area contributed by atoms with Gasteiger partial charge in [0.2, 0.25) is 0 Å². The average molecular weight is 296 g/mol. The lowest BCUT2D eigenvalue weighted by Crippen LogP contribution is -2.05. The Hall–Kier alpha value is -1.53. The van der Waals surface area contributed by atoms with E-state index in [1.54, 1.807) is 15.9 Å². The maximum absolute atomic E-state index is 13.7. The SMILES string of the molecule is CC(c1cccs1)n1c(=S)[nH]c2c(F)cc(F)cc21. The third kappa shape index (κ3) is 2.01. The largest absolute Gasteiger partial charge is 0.328 e. The fourth-order valence-corrected chi connectivity index (χ4v) is 3.32. The predicted octanol–water partition coefficient (Wildman–Crippen LogP) is 4.65. The number of rotatable bonds is 2. The molecule has 0 aliphatic heterocycles. The normalized spacial score (nSPS) is 13.0. The predicted molar refractivity (Wildman–Crippen MR) is 75.2 cm³/mol. The van der Waals surface area contributed by atoms with Gasteiger partial charge in [-0.3, -0.25) is 0 Å². The molecule has 3 rings (SSSR count). The molecule has 19 heavy (non-hydrogen) atoms. The second-order valence-electron chi connectivity index (χ2n) is 4.27. The van der Waals surface area contributed by atoms with E-state index in [4.69, 9.17) is 12.2 Å². The molecule has 6 heteroatoms. The third-order valence-electron chi connectivity index (χ3n) is 3.09. The van der Waals surface area contributed by atoms with Crippen molar-refractivity contribution in [1.82, 2.24) is 9.55 Å². The van der Waals surface area contributed by atoms with Crippen LogP contribution in [-0.4, -0.2) is 9.55 Å². The highest BCUT2D eigenvalue weighted by Gasteiger charge is 2.16. The van der Waals surface area contributed by atoms with Crippen molar-refractivity contribution < 1.29 is 8.78 Å². The Balaban J connectivity index is 2.29. The Labute approximate surface area is 117 Å². The highest BCUT2D eigenvalue weighted by molar-refractivity contribution is 7.71. The van der Waals surface area contributed by atoms with Crippen molar-refractivity contribution in [1.29, 1.82) is 0 Å². The number of hydrogen-bond donors (Lipinski definition) is 1. The number of hydrogen-bond acceptors (Lipinski definition) is 2. The third-order valence-corrected chi connectivity index (χ3v) is 4.43. The van der Waals surface area contributed by atoms with Crippen LogP contribution in [0.5, 0.6) is 0 Å². The Kier molecular flexibility index (Phi) is 2.99. The molecular weight excluding hydrogens is 286 g/mol. The van der Waals surface area contributed by atoms with Crippen molar-refractivity contribution in [3.05, 3.63) is 50.9 Å². The van der Waals surface area contributed by atoms with Gasteiger partial charge >= 0.3 is 0 Å². The van der Waals surface area contributed by atoms with Crippen molar-refractivity contribution in [2.24, 2.45) is 0 Å². The first-order valence-corrected chi connectivity index (χ1v) is 6.99. The van der Waals surface area contributed by atoms with Gasteiger partial charge in [-0.25, -0.2) is 8.78 Å². The second-order valence-corrected chi connectivity index (χ2v) is 5.64. The van der Waals surface area contributed by atoms with Gasteiger partial charge in [-0.1, -0.05) is 6.07 Å². The number of fused-ring (bicyclic) bond motifs is 1. The number of H-pyrrole nitrogens is 1. The summed E-state index contributed by atoms with van der Waals surface area (Å²) in [5.41, 5.74) is 0.693. The molecule has 0 bridgehead atoms. The molecule has 0 amide bonds. The van der Waals surface area contributed by atoms with Crippen molar-refractivity contribution in [3.8, 4) is 0 Å². The number of aromatic nitrogens is 2. The number of nitrogens with zero attached hydrogens (tertiary/aromatic N) is 1. The zero-order valence-corrected chi connectivity index (χ0v) is 11.6. The molecule has 0 saturated heterocycles. The molecule has 0 saturated carbocycles. The molecule has 1 atom stereocenters. The van der Waals surface area contributed by atoms with E-state index in [1.807, 2.05) is 24.4 Å². The van der Waals surface area contributed by atoms with Crippen LogP contribution in [0, 0.1) is 16.4 Å². The zero-order chi connectivity index (χ0) is 13.6. The van der Waals surface area contributed by atoms with E-state index < -0.39 is 11.6 Å². The quantitative estimate of drug-likeness (QED) is 0.683. The summed E-state index contributed by atoms with van der Waals surface area (Å²) in [6.45, 7) is 1.96. The van der Waals surface area contributed by atoms with Crippen LogP contribution in [0.15, 0.2) is 29.6 Å². The van der Waals surface area contributed by atoms with Gasteiger partial charge in [-0.15, -0.1) is 11.3 Å². The standard InChI is InChI=1S/C13H10F2N2S2/c1-7(11-3-2-4-19-11)17-10-6-8(14)5-9(15)12(10)16-13(17)18/h2-7H,1H3,(H,16,18). The minimum absolute atomic E-state index is 0.0672. The van der Waals surface area contributed by atoms with Gasteiger partial charge in [0.1, 0.15) is 11.3 Å². The van der Waals surface area contributed by atoms with E-state index in [-0.39, 0.29) is 11.6 Å². The summed E-state index contributed by atoms with van der Waals surface area (Å²) in [6.07, 6.45) is 0. The number of benzene rings is 1. The summed E-state index contributed by atoms with van der Waals surface area (Å²) in [5, 5.41) is 1.96. The molecule has 2 aromatic heterocycles. The minimum atomic E-state index is -0.627. The molecule has 0 aliphatic carbocycles. The van der Waals surface area contributed by atoms with Gasteiger partial charge in [0, 0.05) is 10.9 Å². The number of aromatic amines is 1. The van der Waals surface area contributed by atoms with E-state index >= 15 is 0 Å². The first kappa shape index (κ1) is 12.5. The number of thiophene rings is 1. The van der Waals surface area contributed by atoms with Crippen LogP contribution < -0.4 is 0 Å². The topological polar surface area (TPSA) is 20.7 Å². The first-order chi connectivity index (χ1) is 9.08. The van der Waals surface area contributed by atoms with Gasteiger partial charge in [-0.2, -0.15) is 0 Å². The lowest BCUT2D eigenvalue weighted by atomic mass is 10.2. The zero-order valence-electron chi connectivity index (χ0n) is 9.98. The molecule has 2 heterocycles. The van der Waals surface area contributed by atoms with E-state index in [1.165, 1.54) is 6.07 Å². The smallest absolute Gasteiger partial charge is 0.178 e. The molecule has 0 aliphatic rings. The van der Waals surface area contributed by atoms with E-state index in [0.29, 0.717) is 10.3 Å². The monoisotopic (exact) mass is 296 g/mol. The summed E-state index contributed by atoms with van der Waals surface area (Å²) in [6, 6.07) is 6.01. The van der Waals surface area contributed by atoms with Crippen LogP contribution in [0.25, 0.3) is 11.0 Å². The molecular formula is C13H10F2N2S2. The van der Waals surface area contributed by atoms with Crippen LogP contribution in [0.4, 0.5) is 8.78 Å². The van der Waals surface area contributed by atoms with Crippen LogP contribution in [0.2, 0.25) is 0 Å². The van der Waals surface area contributed by atoms with E-state index in [0.717, 1.165) is 10.9 Å².